The third-order valence-electron chi connectivity index (χ3n) is 4.74. The van der Waals surface area contributed by atoms with Crippen molar-refractivity contribution in [3.8, 4) is 0 Å². The SMILES string of the molecule is Cc1c(C(=O)c2ccc(Br)cc2)c2ccccn2c1C(=O)c1ccc(F)cc1. The van der Waals surface area contributed by atoms with E-state index < -0.39 is 5.82 Å². The van der Waals surface area contributed by atoms with Crippen LogP contribution in [-0.4, -0.2) is 16.0 Å². The number of ketones is 2. The van der Waals surface area contributed by atoms with Crippen LogP contribution in [0.5, 0.6) is 0 Å². The third-order valence-corrected chi connectivity index (χ3v) is 5.27. The van der Waals surface area contributed by atoms with Crippen molar-refractivity contribution >= 4 is 33.0 Å². The van der Waals surface area contributed by atoms with Gasteiger partial charge in [0, 0.05) is 21.8 Å². The molecule has 28 heavy (non-hydrogen) atoms. The number of carbonyl (C=O) groups excluding carboxylic acids is 2. The van der Waals surface area contributed by atoms with Gasteiger partial charge in [0.05, 0.1) is 16.8 Å². The molecule has 0 fully saturated rings. The zero-order valence-electron chi connectivity index (χ0n) is 14.9. The fourth-order valence-corrected chi connectivity index (χ4v) is 3.65. The number of aromatic nitrogens is 1. The van der Waals surface area contributed by atoms with Crippen LogP contribution in [0.25, 0.3) is 5.52 Å². The van der Waals surface area contributed by atoms with E-state index in [9.17, 15) is 14.0 Å². The van der Waals surface area contributed by atoms with E-state index in [-0.39, 0.29) is 11.6 Å². The number of benzene rings is 2. The van der Waals surface area contributed by atoms with Gasteiger partial charge >= 0.3 is 0 Å². The molecule has 0 saturated heterocycles. The number of nitrogens with zero attached hydrogens (tertiary/aromatic N) is 1. The maximum Gasteiger partial charge on any atom is 0.210 e. The Morgan fingerprint density at radius 2 is 1.46 bits per heavy atom. The second-order valence-electron chi connectivity index (χ2n) is 6.48. The number of halogens is 2. The van der Waals surface area contributed by atoms with Crippen LogP contribution >= 0.6 is 15.9 Å². The number of pyridine rings is 1. The Morgan fingerprint density at radius 3 is 2.14 bits per heavy atom. The van der Waals surface area contributed by atoms with E-state index in [4.69, 9.17) is 0 Å². The Hall–Kier alpha value is -3.05. The molecule has 2 aromatic carbocycles. The minimum Gasteiger partial charge on any atom is -0.313 e. The van der Waals surface area contributed by atoms with E-state index in [2.05, 4.69) is 15.9 Å². The lowest BCUT2D eigenvalue weighted by Crippen LogP contribution is -2.07. The molecular formula is C23H15BrFNO2. The zero-order chi connectivity index (χ0) is 19.8. The molecule has 2 aromatic heterocycles. The first-order chi connectivity index (χ1) is 13.5. The highest BCUT2D eigenvalue weighted by atomic mass is 79.9. The number of rotatable bonds is 4. The van der Waals surface area contributed by atoms with Crippen molar-refractivity contribution in [3.05, 3.63) is 111 Å². The summed E-state index contributed by atoms with van der Waals surface area (Å²) in [4.78, 5) is 26.4. The average molecular weight is 436 g/mol. The van der Waals surface area contributed by atoms with Gasteiger partial charge in [-0.1, -0.05) is 22.0 Å². The first-order valence-corrected chi connectivity index (χ1v) is 9.47. The summed E-state index contributed by atoms with van der Waals surface area (Å²) in [5.74, 6) is -0.806. The second kappa shape index (κ2) is 7.17. The van der Waals surface area contributed by atoms with Gasteiger partial charge in [-0.15, -0.1) is 0 Å². The summed E-state index contributed by atoms with van der Waals surface area (Å²) in [6.07, 6.45) is 1.76. The van der Waals surface area contributed by atoms with E-state index in [1.165, 1.54) is 24.3 Å². The Kier molecular flexibility index (Phi) is 4.69. The Morgan fingerprint density at radius 1 is 0.857 bits per heavy atom. The largest absolute Gasteiger partial charge is 0.313 e. The molecule has 4 rings (SSSR count). The summed E-state index contributed by atoms with van der Waals surface area (Å²) in [7, 11) is 0. The normalized spacial score (nSPS) is 11.0. The summed E-state index contributed by atoms with van der Waals surface area (Å²) in [6.45, 7) is 1.77. The molecule has 0 aliphatic carbocycles. The average Bonchev–Trinajstić information content (AvgIpc) is 3.00. The van der Waals surface area contributed by atoms with E-state index in [0.29, 0.717) is 33.5 Å². The summed E-state index contributed by atoms with van der Waals surface area (Å²) in [5.41, 5.74) is 3.08. The van der Waals surface area contributed by atoms with Gasteiger partial charge in [-0.05, 0) is 73.2 Å². The molecule has 0 spiro atoms. The van der Waals surface area contributed by atoms with Gasteiger partial charge in [-0.2, -0.15) is 0 Å². The molecule has 0 amide bonds. The lowest BCUT2D eigenvalue weighted by Gasteiger charge is -2.04. The summed E-state index contributed by atoms with van der Waals surface area (Å²) < 4.78 is 15.9. The maximum absolute atomic E-state index is 13.2. The minimum atomic E-state index is -0.403. The van der Waals surface area contributed by atoms with Gasteiger partial charge in [-0.3, -0.25) is 9.59 Å². The Labute approximate surface area is 169 Å². The molecule has 3 nitrogen and oxygen atoms in total. The Balaban J connectivity index is 1.91. The fourth-order valence-electron chi connectivity index (χ4n) is 3.38. The summed E-state index contributed by atoms with van der Waals surface area (Å²) in [6, 6.07) is 18.0. The topological polar surface area (TPSA) is 38.5 Å². The number of hydrogen-bond acceptors (Lipinski definition) is 2. The molecule has 0 aliphatic heterocycles. The molecule has 0 saturated carbocycles. The molecular weight excluding hydrogens is 421 g/mol. The van der Waals surface area contributed by atoms with Crippen molar-refractivity contribution in [1.29, 1.82) is 0 Å². The highest BCUT2D eigenvalue weighted by Crippen LogP contribution is 2.28. The second-order valence-corrected chi connectivity index (χ2v) is 7.39. The zero-order valence-corrected chi connectivity index (χ0v) is 16.5. The molecule has 0 N–H and O–H groups in total. The van der Waals surface area contributed by atoms with Crippen LogP contribution in [0.15, 0.2) is 77.4 Å². The van der Waals surface area contributed by atoms with Crippen molar-refractivity contribution in [2.75, 3.05) is 0 Å². The lowest BCUT2D eigenvalue weighted by molar-refractivity contribution is 0.103. The van der Waals surface area contributed by atoms with E-state index in [1.54, 1.807) is 29.7 Å². The van der Waals surface area contributed by atoms with Crippen molar-refractivity contribution < 1.29 is 14.0 Å². The standard InChI is InChI=1S/C23H15BrFNO2/c1-14-20(22(27)15-5-9-17(24)10-6-15)19-4-2-3-13-26(19)21(14)23(28)16-7-11-18(25)12-8-16/h2-13H,1H3. The van der Waals surface area contributed by atoms with E-state index in [1.807, 2.05) is 30.3 Å². The predicted octanol–water partition coefficient (Wildman–Crippen LogP) is 5.61. The first-order valence-electron chi connectivity index (χ1n) is 8.67. The van der Waals surface area contributed by atoms with Gasteiger partial charge in [0.25, 0.3) is 0 Å². The quantitative estimate of drug-likeness (QED) is 0.390. The van der Waals surface area contributed by atoms with Gasteiger partial charge < -0.3 is 4.40 Å². The van der Waals surface area contributed by atoms with Crippen LogP contribution in [0, 0.1) is 12.7 Å². The number of carbonyl (C=O) groups is 2. The van der Waals surface area contributed by atoms with E-state index >= 15 is 0 Å². The van der Waals surface area contributed by atoms with Crippen LogP contribution in [0.1, 0.15) is 37.5 Å². The first kappa shape index (κ1) is 18.3. The van der Waals surface area contributed by atoms with Crippen molar-refractivity contribution in [2.45, 2.75) is 6.92 Å². The van der Waals surface area contributed by atoms with Crippen molar-refractivity contribution in [2.24, 2.45) is 0 Å². The highest BCUT2D eigenvalue weighted by Gasteiger charge is 2.25. The molecule has 138 valence electrons. The smallest absolute Gasteiger partial charge is 0.210 e. The van der Waals surface area contributed by atoms with Crippen LogP contribution < -0.4 is 0 Å². The molecule has 0 radical (unpaired) electrons. The van der Waals surface area contributed by atoms with Crippen LogP contribution in [-0.2, 0) is 0 Å². The molecule has 0 unspecified atom stereocenters. The van der Waals surface area contributed by atoms with Crippen LogP contribution in [0.4, 0.5) is 4.39 Å². The van der Waals surface area contributed by atoms with Crippen molar-refractivity contribution in [3.63, 3.8) is 0 Å². The van der Waals surface area contributed by atoms with Gasteiger partial charge in [-0.25, -0.2) is 4.39 Å². The van der Waals surface area contributed by atoms with Gasteiger partial charge in [0.15, 0.2) is 5.78 Å². The molecule has 0 atom stereocenters. The van der Waals surface area contributed by atoms with Crippen LogP contribution in [0.2, 0.25) is 0 Å². The predicted molar refractivity (Wildman–Crippen MR) is 110 cm³/mol. The Bertz CT molecular complexity index is 1110. The third kappa shape index (κ3) is 3.08. The molecule has 4 aromatic rings. The number of fused-ring (bicyclic) bond motifs is 1. The molecule has 0 aliphatic rings. The fraction of sp³-hybridized carbons (Fsp3) is 0.0435. The van der Waals surface area contributed by atoms with Crippen molar-refractivity contribution in [1.82, 2.24) is 4.40 Å². The van der Waals surface area contributed by atoms with E-state index in [0.717, 1.165) is 4.47 Å². The lowest BCUT2D eigenvalue weighted by atomic mass is 9.98. The molecule has 2 heterocycles. The summed E-state index contributed by atoms with van der Waals surface area (Å²) >= 11 is 3.37. The minimum absolute atomic E-state index is 0.146. The highest BCUT2D eigenvalue weighted by molar-refractivity contribution is 9.10. The maximum atomic E-state index is 13.2. The molecule has 5 heteroatoms. The number of hydrogen-bond donors (Lipinski definition) is 0. The van der Waals surface area contributed by atoms with Gasteiger partial charge in [0.1, 0.15) is 5.82 Å². The van der Waals surface area contributed by atoms with Gasteiger partial charge in [0.2, 0.25) is 5.78 Å². The van der Waals surface area contributed by atoms with Crippen LogP contribution in [0.3, 0.4) is 0 Å². The monoisotopic (exact) mass is 435 g/mol. The molecule has 0 bridgehead atoms. The summed E-state index contributed by atoms with van der Waals surface area (Å²) in [5, 5.41) is 0.